The first kappa shape index (κ1) is 13.7. The van der Waals surface area contributed by atoms with Crippen molar-refractivity contribution in [3.8, 4) is 11.8 Å². The number of esters is 1. The highest BCUT2D eigenvalue weighted by atomic mass is 16.6. The number of nitrogens with two attached hydrogens (primary N) is 1. The number of nitro benzene ring substituents is 1. The van der Waals surface area contributed by atoms with Crippen LogP contribution in [0.15, 0.2) is 24.3 Å². The average molecular weight is 248 g/mol. The monoisotopic (exact) mass is 248 g/mol. The molecule has 0 spiro atoms. The molecule has 0 fully saturated rings. The molecule has 0 saturated heterocycles. The smallest absolute Gasteiger partial charge is 0.323 e. The summed E-state index contributed by atoms with van der Waals surface area (Å²) in [6.07, 6.45) is 0.170. The van der Waals surface area contributed by atoms with E-state index >= 15 is 0 Å². The molecule has 1 aromatic rings. The lowest BCUT2D eigenvalue weighted by atomic mass is 10.2. The van der Waals surface area contributed by atoms with Gasteiger partial charge in [-0.05, 0) is 12.1 Å². The van der Waals surface area contributed by atoms with E-state index in [9.17, 15) is 14.9 Å². The van der Waals surface area contributed by atoms with Crippen LogP contribution in [0.4, 0.5) is 5.69 Å². The summed E-state index contributed by atoms with van der Waals surface area (Å²) in [6, 6.07) is 5.03. The van der Waals surface area contributed by atoms with Crippen LogP contribution in [-0.4, -0.2) is 24.0 Å². The fourth-order valence-corrected chi connectivity index (χ4v) is 1.16. The average Bonchev–Trinajstić information content (AvgIpc) is 2.38. The van der Waals surface area contributed by atoms with E-state index in [1.165, 1.54) is 31.4 Å². The number of nitrogens with zero attached hydrogens (tertiary/aromatic N) is 1. The van der Waals surface area contributed by atoms with Crippen LogP contribution in [0, 0.1) is 22.0 Å². The molecule has 1 atom stereocenters. The van der Waals surface area contributed by atoms with Crippen molar-refractivity contribution in [3.05, 3.63) is 39.9 Å². The second-order valence-electron chi connectivity index (χ2n) is 3.44. The molecule has 6 heteroatoms. The minimum Gasteiger partial charge on any atom is -0.468 e. The molecular weight excluding hydrogens is 236 g/mol. The largest absolute Gasteiger partial charge is 0.468 e. The zero-order chi connectivity index (χ0) is 13.5. The van der Waals surface area contributed by atoms with Gasteiger partial charge in [-0.3, -0.25) is 14.9 Å². The molecule has 0 aromatic heterocycles. The van der Waals surface area contributed by atoms with Crippen molar-refractivity contribution in [2.45, 2.75) is 12.5 Å². The van der Waals surface area contributed by atoms with Gasteiger partial charge in [0.15, 0.2) is 0 Å². The molecule has 1 rings (SSSR count). The number of ether oxygens (including phenoxy) is 1. The lowest BCUT2D eigenvalue weighted by molar-refractivity contribution is -0.384. The van der Waals surface area contributed by atoms with Crippen molar-refractivity contribution in [1.29, 1.82) is 0 Å². The van der Waals surface area contributed by atoms with E-state index in [-0.39, 0.29) is 12.1 Å². The van der Waals surface area contributed by atoms with E-state index in [4.69, 9.17) is 5.73 Å². The van der Waals surface area contributed by atoms with Crippen molar-refractivity contribution < 1.29 is 14.5 Å². The summed E-state index contributed by atoms with van der Waals surface area (Å²) in [5.74, 6) is 4.96. The van der Waals surface area contributed by atoms with Gasteiger partial charge in [0.05, 0.1) is 12.0 Å². The predicted octanol–water partition coefficient (Wildman–Crippen LogP) is 0.837. The summed E-state index contributed by atoms with van der Waals surface area (Å²) in [4.78, 5) is 20.9. The van der Waals surface area contributed by atoms with Crippen LogP contribution in [0.1, 0.15) is 12.0 Å². The van der Waals surface area contributed by atoms with Gasteiger partial charge in [0.25, 0.3) is 5.69 Å². The molecule has 1 aromatic carbocycles. The molecule has 0 saturated carbocycles. The van der Waals surface area contributed by atoms with Gasteiger partial charge in [-0.25, -0.2) is 0 Å². The van der Waals surface area contributed by atoms with Gasteiger partial charge in [0, 0.05) is 24.1 Å². The molecule has 2 N–H and O–H groups in total. The van der Waals surface area contributed by atoms with Crippen LogP contribution in [0.3, 0.4) is 0 Å². The third-order valence-corrected chi connectivity index (χ3v) is 2.14. The number of hydrogen-bond acceptors (Lipinski definition) is 5. The van der Waals surface area contributed by atoms with E-state index in [0.29, 0.717) is 5.56 Å². The van der Waals surface area contributed by atoms with Crippen molar-refractivity contribution in [1.82, 2.24) is 0 Å². The van der Waals surface area contributed by atoms with Gasteiger partial charge in [0.2, 0.25) is 0 Å². The third-order valence-electron chi connectivity index (χ3n) is 2.14. The Bertz CT molecular complexity index is 499. The molecule has 0 aliphatic rings. The SMILES string of the molecule is COC(=O)[C@@H](N)CC#Cc1ccc([N+](=O)[O-])cc1. The highest BCUT2D eigenvalue weighted by Crippen LogP contribution is 2.10. The van der Waals surface area contributed by atoms with Gasteiger partial charge < -0.3 is 10.5 Å². The number of nitro groups is 1. The van der Waals surface area contributed by atoms with Crippen LogP contribution in [-0.2, 0) is 9.53 Å². The first-order valence-electron chi connectivity index (χ1n) is 5.11. The Morgan fingerprint density at radius 3 is 2.61 bits per heavy atom. The second-order valence-corrected chi connectivity index (χ2v) is 3.44. The molecule has 6 nitrogen and oxygen atoms in total. The number of carbonyl (C=O) groups is 1. The summed E-state index contributed by atoms with van der Waals surface area (Å²) in [6.45, 7) is 0. The van der Waals surface area contributed by atoms with E-state index in [0.717, 1.165) is 0 Å². The maximum atomic E-state index is 11.0. The highest BCUT2D eigenvalue weighted by molar-refractivity contribution is 5.75. The van der Waals surface area contributed by atoms with Gasteiger partial charge in [-0.2, -0.15) is 0 Å². The van der Waals surface area contributed by atoms with Crippen LogP contribution in [0.25, 0.3) is 0 Å². The lowest BCUT2D eigenvalue weighted by Crippen LogP contribution is -2.30. The van der Waals surface area contributed by atoms with Crippen molar-refractivity contribution in [2.24, 2.45) is 5.73 Å². The molecule has 0 aliphatic carbocycles. The molecule has 0 bridgehead atoms. The number of hydrogen-bond donors (Lipinski definition) is 1. The Labute approximate surface area is 104 Å². The summed E-state index contributed by atoms with van der Waals surface area (Å²) in [7, 11) is 1.26. The second kappa shape index (κ2) is 6.37. The van der Waals surface area contributed by atoms with E-state index in [2.05, 4.69) is 16.6 Å². The van der Waals surface area contributed by atoms with E-state index in [1.54, 1.807) is 0 Å². The summed E-state index contributed by atoms with van der Waals surface area (Å²) >= 11 is 0. The molecule has 18 heavy (non-hydrogen) atoms. The van der Waals surface area contributed by atoms with Crippen molar-refractivity contribution in [3.63, 3.8) is 0 Å². The fourth-order valence-electron chi connectivity index (χ4n) is 1.16. The van der Waals surface area contributed by atoms with E-state index < -0.39 is 16.9 Å². The quantitative estimate of drug-likeness (QED) is 0.370. The number of rotatable bonds is 3. The fraction of sp³-hybridized carbons (Fsp3) is 0.250. The lowest BCUT2D eigenvalue weighted by Gasteiger charge is -2.03. The molecule has 0 heterocycles. The van der Waals surface area contributed by atoms with Gasteiger partial charge in [0.1, 0.15) is 6.04 Å². The van der Waals surface area contributed by atoms with Crippen LogP contribution in [0.5, 0.6) is 0 Å². The third kappa shape index (κ3) is 3.88. The zero-order valence-electron chi connectivity index (χ0n) is 9.75. The number of benzene rings is 1. The van der Waals surface area contributed by atoms with Crippen LogP contribution in [0.2, 0.25) is 0 Å². The Balaban J connectivity index is 2.63. The minimum absolute atomic E-state index is 0.00631. The molecule has 0 radical (unpaired) electrons. The summed E-state index contributed by atoms with van der Waals surface area (Å²) in [5, 5.41) is 10.4. The molecule has 0 amide bonds. The number of carbonyl (C=O) groups excluding carboxylic acids is 1. The molecule has 0 unspecified atom stereocenters. The van der Waals surface area contributed by atoms with Gasteiger partial charge in [-0.1, -0.05) is 11.8 Å². The number of non-ortho nitro benzene ring substituents is 1. The summed E-state index contributed by atoms with van der Waals surface area (Å²) in [5.41, 5.74) is 6.12. The number of methoxy groups -OCH3 is 1. The van der Waals surface area contributed by atoms with Crippen LogP contribution >= 0.6 is 0 Å². The highest BCUT2D eigenvalue weighted by Gasteiger charge is 2.11. The molecule has 0 aliphatic heterocycles. The van der Waals surface area contributed by atoms with Gasteiger partial charge >= 0.3 is 5.97 Å². The Hall–Kier alpha value is -2.39. The zero-order valence-corrected chi connectivity index (χ0v) is 9.75. The topological polar surface area (TPSA) is 95.5 Å². The van der Waals surface area contributed by atoms with Crippen molar-refractivity contribution in [2.75, 3.05) is 7.11 Å². The minimum atomic E-state index is -0.777. The van der Waals surface area contributed by atoms with Crippen LogP contribution < -0.4 is 5.73 Å². The van der Waals surface area contributed by atoms with E-state index in [1.807, 2.05) is 0 Å². The first-order valence-corrected chi connectivity index (χ1v) is 5.11. The molecular formula is C12H12N2O4. The Morgan fingerprint density at radius 1 is 1.50 bits per heavy atom. The molecule has 94 valence electrons. The van der Waals surface area contributed by atoms with Crippen molar-refractivity contribution >= 4 is 11.7 Å². The normalized spacial score (nSPS) is 11.0. The maximum absolute atomic E-state index is 11.0. The maximum Gasteiger partial charge on any atom is 0.323 e. The van der Waals surface area contributed by atoms with Gasteiger partial charge in [-0.15, -0.1) is 0 Å². The Morgan fingerprint density at radius 2 is 2.11 bits per heavy atom. The standard InChI is InChI=1S/C12H12N2O4/c1-18-12(15)11(13)4-2-3-9-5-7-10(8-6-9)14(16)17/h5-8,11H,4,13H2,1H3/t11-/m0/s1. The first-order chi connectivity index (χ1) is 8.54. The summed E-state index contributed by atoms with van der Waals surface area (Å²) < 4.78 is 4.45. The predicted molar refractivity (Wildman–Crippen MR) is 64.6 cm³/mol. The Kier molecular flexibility index (Phi) is 4.84.